The predicted octanol–water partition coefficient (Wildman–Crippen LogP) is 2.99. The van der Waals surface area contributed by atoms with Crippen molar-refractivity contribution in [1.29, 1.82) is 0 Å². The Morgan fingerprint density at radius 3 is 2.56 bits per heavy atom. The highest BCUT2D eigenvalue weighted by molar-refractivity contribution is 7.89. The lowest BCUT2D eigenvalue weighted by molar-refractivity contribution is -0.206. The van der Waals surface area contributed by atoms with E-state index in [4.69, 9.17) is 10.5 Å². The Morgan fingerprint density at radius 1 is 1.23 bits per heavy atom. The van der Waals surface area contributed by atoms with E-state index in [9.17, 15) is 39.6 Å². The second kappa shape index (κ2) is 8.53. The molecule has 0 atom stereocenters. The first-order chi connectivity index (χ1) is 17.9. The summed E-state index contributed by atoms with van der Waals surface area (Å²) >= 11 is 0. The number of nitrogens with zero attached hydrogens (tertiary/aromatic N) is 3. The van der Waals surface area contributed by atoms with Gasteiger partial charge < -0.3 is 15.2 Å². The molecule has 210 valence electrons. The first-order valence-corrected chi connectivity index (χ1v) is 12.7. The lowest BCUT2D eigenvalue weighted by Gasteiger charge is -2.43. The number of esters is 1. The zero-order valence-corrected chi connectivity index (χ0v) is 20.7. The van der Waals surface area contributed by atoms with E-state index >= 15 is 0 Å². The number of anilines is 1. The molecule has 3 fully saturated rings. The van der Waals surface area contributed by atoms with E-state index < -0.39 is 57.6 Å². The maximum atomic E-state index is 13.3. The number of nitrogens with two attached hydrogens (primary N) is 1. The van der Waals surface area contributed by atoms with Crippen LogP contribution in [0.2, 0.25) is 0 Å². The highest BCUT2D eigenvalue weighted by atomic mass is 32.2. The number of nitrogen functional groups attached to an aromatic ring is 1. The summed E-state index contributed by atoms with van der Waals surface area (Å²) in [7, 11) is -4.23. The second-order valence-electron chi connectivity index (χ2n) is 9.61. The molecule has 2 saturated heterocycles. The van der Waals surface area contributed by atoms with Crippen LogP contribution in [0.25, 0.3) is 16.9 Å². The molecular formula is C22H19F6N5O5S. The van der Waals surface area contributed by atoms with Gasteiger partial charge in [-0.3, -0.25) is 4.40 Å². The molecule has 10 nitrogen and oxygen atoms in total. The number of hydrogen-bond donors (Lipinski definition) is 2. The van der Waals surface area contributed by atoms with Gasteiger partial charge in [-0.15, -0.1) is 0 Å². The Kier molecular flexibility index (Phi) is 5.93. The van der Waals surface area contributed by atoms with Crippen LogP contribution in [-0.2, 0) is 30.5 Å². The lowest BCUT2D eigenvalue weighted by Crippen LogP contribution is -2.61. The third kappa shape index (κ3) is 4.78. The number of sulfonamides is 1. The van der Waals surface area contributed by atoms with E-state index in [1.807, 2.05) is 0 Å². The predicted molar refractivity (Wildman–Crippen MR) is 121 cm³/mol. The number of benzene rings is 1. The third-order valence-corrected chi connectivity index (χ3v) is 8.20. The molecule has 2 aromatic heterocycles. The number of carbonyl (C=O) groups excluding carboxylic acids is 1. The normalized spacial score (nSPS) is 23.2. The standard InChI is InChI=1S/C22H19F6N5O5S/c1-11-2-3-12(4-13(11)14-5-30-17-16(29)31-15(6-33(14)17)21(23,24)25)39(35,36)32-19-7-20(8-19,38-9-19)10-37-18(34)22(26,27)28/h2-6,32H,7-10H2,1H3,(H2,29,31). The number of ether oxygens (including phenoxy) is 2. The van der Waals surface area contributed by atoms with Crippen LogP contribution in [-0.4, -0.2) is 59.3 Å². The average Bonchev–Trinajstić information content (AvgIpc) is 3.48. The SMILES string of the molecule is Cc1ccc(S(=O)(=O)NC23COC(COC(=O)C(F)(F)F)(C2)C3)cc1-c1cnc2c(N)nc(C(F)(F)F)cn12. The van der Waals surface area contributed by atoms with Crippen LogP contribution >= 0.6 is 0 Å². The molecule has 6 rings (SSSR count). The van der Waals surface area contributed by atoms with Crippen LogP contribution < -0.4 is 10.5 Å². The van der Waals surface area contributed by atoms with Gasteiger partial charge in [0.25, 0.3) is 0 Å². The highest BCUT2D eigenvalue weighted by Gasteiger charge is 2.65. The number of halogens is 6. The largest absolute Gasteiger partial charge is 0.490 e. The highest BCUT2D eigenvalue weighted by Crippen LogP contribution is 2.52. The molecule has 0 unspecified atom stereocenters. The molecular weight excluding hydrogens is 560 g/mol. The van der Waals surface area contributed by atoms with Crippen LogP contribution in [0.5, 0.6) is 0 Å². The minimum Gasteiger partial charge on any atom is -0.456 e. The van der Waals surface area contributed by atoms with Crippen LogP contribution in [0.1, 0.15) is 24.1 Å². The van der Waals surface area contributed by atoms with Gasteiger partial charge in [0.1, 0.15) is 12.2 Å². The number of aryl methyl sites for hydroxylation is 1. The molecule has 1 saturated carbocycles. The van der Waals surface area contributed by atoms with Crippen molar-refractivity contribution in [1.82, 2.24) is 19.1 Å². The Morgan fingerprint density at radius 2 is 1.92 bits per heavy atom. The number of alkyl halides is 6. The summed E-state index contributed by atoms with van der Waals surface area (Å²) in [5.74, 6) is -2.83. The van der Waals surface area contributed by atoms with Gasteiger partial charge in [0, 0.05) is 24.6 Å². The van der Waals surface area contributed by atoms with E-state index in [0.29, 0.717) is 11.8 Å². The Balaban J connectivity index is 1.40. The number of rotatable bonds is 6. The molecule has 3 aliphatic rings. The number of nitrogens with one attached hydrogen (secondary N) is 1. The minimum atomic E-state index is -5.17. The zero-order chi connectivity index (χ0) is 28.6. The fraction of sp³-hybridized carbons (Fsp3) is 0.409. The average molecular weight is 579 g/mol. The van der Waals surface area contributed by atoms with Gasteiger partial charge in [-0.25, -0.2) is 27.9 Å². The number of fused-ring (bicyclic) bond motifs is 2. The van der Waals surface area contributed by atoms with Crippen LogP contribution in [0.4, 0.5) is 32.2 Å². The molecule has 39 heavy (non-hydrogen) atoms. The summed E-state index contributed by atoms with van der Waals surface area (Å²) in [6.07, 6.45) is -8.06. The molecule has 3 N–H and O–H groups in total. The third-order valence-electron chi connectivity index (χ3n) is 6.63. The smallest absolute Gasteiger partial charge is 0.456 e. The van der Waals surface area contributed by atoms with E-state index in [1.165, 1.54) is 24.4 Å². The maximum absolute atomic E-state index is 13.3. The number of aromatic nitrogens is 3. The van der Waals surface area contributed by atoms with Crippen molar-refractivity contribution in [2.24, 2.45) is 0 Å². The fourth-order valence-electron chi connectivity index (χ4n) is 4.94. The monoisotopic (exact) mass is 579 g/mol. The number of imidazole rings is 1. The summed E-state index contributed by atoms with van der Waals surface area (Å²) in [5.41, 5.74) is 2.91. The molecule has 17 heteroatoms. The molecule has 1 aromatic carbocycles. The van der Waals surface area contributed by atoms with Gasteiger partial charge in [0.15, 0.2) is 17.2 Å². The van der Waals surface area contributed by atoms with E-state index in [2.05, 4.69) is 19.4 Å². The molecule has 2 aliphatic heterocycles. The summed E-state index contributed by atoms with van der Waals surface area (Å²) in [5, 5.41) is 0. The Bertz CT molecular complexity index is 1600. The summed E-state index contributed by atoms with van der Waals surface area (Å²) in [4.78, 5) is 18.2. The number of hydrogen-bond acceptors (Lipinski definition) is 8. The van der Waals surface area contributed by atoms with E-state index in [1.54, 1.807) is 6.92 Å². The quantitative estimate of drug-likeness (QED) is 0.336. The van der Waals surface area contributed by atoms with Gasteiger partial charge >= 0.3 is 18.3 Å². The van der Waals surface area contributed by atoms with Crippen LogP contribution in [0, 0.1) is 6.92 Å². The first kappa shape index (κ1) is 27.1. The molecule has 1 aliphatic carbocycles. The zero-order valence-electron chi connectivity index (χ0n) is 19.9. The molecule has 0 spiro atoms. The van der Waals surface area contributed by atoms with Crippen LogP contribution in [0.3, 0.4) is 0 Å². The van der Waals surface area contributed by atoms with Gasteiger partial charge in [0.2, 0.25) is 10.0 Å². The van der Waals surface area contributed by atoms with E-state index in [0.717, 1.165) is 4.40 Å². The van der Waals surface area contributed by atoms with Crippen molar-refractivity contribution in [3.63, 3.8) is 0 Å². The van der Waals surface area contributed by atoms with Crippen molar-refractivity contribution in [2.45, 2.75) is 48.2 Å². The fourth-order valence-corrected chi connectivity index (χ4v) is 6.35. The van der Waals surface area contributed by atoms with Gasteiger partial charge in [0.05, 0.1) is 28.9 Å². The number of carbonyl (C=O) groups is 1. The van der Waals surface area contributed by atoms with Crippen molar-refractivity contribution in [3.8, 4) is 11.3 Å². The maximum Gasteiger partial charge on any atom is 0.490 e. The summed E-state index contributed by atoms with van der Waals surface area (Å²) in [6.45, 7) is 0.782. The molecule has 0 radical (unpaired) electrons. The second-order valence-corrected chi connectivity index (χ2v) is 11.3. The van der Waals surface area contributed by atoms with Crippen molar-refractivity contribution in [3.05, 3.63) is 41.9 Å². The molecule has 3 aromatic rings. The Labute approximate surface area is 216 Å². The van der Waals surface area contributed by atoms with Gasteiger partial charge in [-0.1, -0.05) is 6.07 Å². The van der Waals surface area contributed by atoms with Crippen LogP contribution in [0.15, 0.2) is 35.5 Å². The van der Waals surface area contributed by atoms with Crippen molar-refractivity contribution in [2.75, 3.05) is 18.9 Å². The van der Waals surface area contributed by atoms with Crippen molar-refractivity contribution < 1.29 is 49.0 Å². The summed E-state index contributed by atoms with van der Waals surface area (Å²) < 4.78 is 117. The van der Waals surface area contributed by atoms with Gasteiger partial charge in [-0.05, 0) is 24.6 Å². The first-order valence-electron chi connectivity index (χ1n) is 11.2. The van der Waals surface area contributed by atoms with Crippen molar-refractivity contribution >= 4 is 27.5 Å². The minimum absolute atomic E-state index is 0.0250. The molecule has 2 bridgehead atoms. The topological polar surface area (TPSA) is 138 Å². The summed E-state index contributed by atoms with van der Waals surface area (Å²) in [6, 6.07) is 4.02. The molecule has 4 heterocycles. The Hall–Kier alpha value is -3.44. The lowest BCUT2D eigenvalue weighted by atomic mass is 9.69. The van der Waals surface area contributed by atoms with Gasteiger partial charge in [-0.2, -0.15) is 26.3 Å². The molecule has 0 amide bonds. The van der Waals surface area contributed by atoms with E-state index in [-0.39, 0.29) is 41.2 Å².